The first-order chi connectivity index (χ1) is 15.9. The molecule has 3 aliphatic rings. The van der Waals surface area contributed by atoms with Gasteiger partial charge in [0.2, 0.25) is 0 Å². The molecule has 2 fully saturated rings. The van der Waals surface area contributed by atoms with Gasteiger partial charge in [-0.3, -0.25) is 9.69 Å². The van der Waals surface area contributed by atoms with Gasteiger partial charge in [0, 0.05) is 23.9 Å². The Morgan fingerprint density at radius 1 is 1.24 bits per heavy atom. The number of nitrogens with zero attached hydrogens (tertiary/aromatic N) is 1. The van der Waals surface area contributed by atoms with E-state index in [2.05, 4.69) is 38.2 Å². The van der Waals surface area contributed by atoms with Gasteiger partial charge in [-0.2, -0.15) is 0 Å². The van der Waals surface area contributed by atoms with Crippen LogP contribution in [0.2, 0.25) is 5.02 Å². The van der Waals surface area contributed by atoms with Crippen LogP contribution in [0, 0.1) is 23.2 Å². The number of hydrogen-bond acceptors (Lipinski definition) is 3. The first kappa shape index (κ1) is 25.1. The number of nitrogens with one attached hydrogen (secondary N) is 1. The Balaban J connectivity index is 1.62. The van der Waals surface area contributed by atoms with Gasteiger partial charge in [0.1, 0.15) is 0 Å². The van der Waals surface area contributed by atoms with Gasteiger partial charge in [0.25, 0.3) is 0 Å². The third kappa shape index (κ3) is 4.85. The van der Waals surface area contributed by atoms with E-state index < -0.39 is 11.5 Å². The fourth-order valence-electron chi connectivity index (χ4n) is 5.44. The van der Waals surface area contributed by atoms with Crippen molar-refractivity contribution in [1.29, 1.82) is 0 Å². The van der Waals surface area contributed by atoms with Crippen molar-refractivity contribution in [3.63, 3.8) is 0 Å². The summed E-state index contributed by atoms with van der Waals surface area (Å²) in [5.74, 6) is -0.650. The minimum Gasteiger partial charge on any atom is -0.481 e. The van der Waals surface area contributed by atoms with Gasteiger partial charge in [0.15, 0.2) is 0 Å². The largest absolute Gasteiger partial charge is 0.481 e. The molecule has 186 valence electrons. The van der Waals surface area contributed by atoms with Crippen LogP contribution in [-0.2, 0) is 16.8 Å². The van der Waals surface area contributed by atoms with E-state index >= 15 is 0 Å². The maximum Gasteiger partial charge on any atom is 0.322 e. The molecule has 7 heteroatoms. The maximum atomic E-state index is 13.2. The van der Waals surface area contributed by atoms with Crippen LogP contribution in [0.3, 0.4) is 0 Å². The highest BCUT2D eigenvalue weighted by Crippen LogP contribution is 2.48. The molecule has 0 unspecified atom stereocenters. The molecule has 6 nitrogen and oxygen atoms in total. The van der Waals surface area contributed by atoms with Crippen molar-refractivity contribution in [3.8, 4) is 0 Å². The Morgan fingerprint density at radius 3 is 2.47 bits per heavy atom. The summed E-state index contributed by atoms with van der Waals surface area (Å²) in [4.78, 5) is 26.2. The number of aliphatic hydroxyl groups excluding tert-OH is 1. The van der Waals surface area contributed by atoms with Crippen molar-refractivity contribution in [2.75, 3.05) is 6.61 Å². The lowest BCUT2D eigenvalue weighted by Crippen LogP contribution is -2.60. The predicted octanol–water partition coefficient (Wildman–Crippen LogP) is 5.32. The van der Waals surface area contributed by atoms with Gasteiger partial charge in [-0.25, -0.2) is 4.79 Å². The number of carboxylic acid groups (broad SMARTS) is 1. The van der Waals surface area contributed by atoms with E-state index in [1.165, 1.54) is 0 Å². The van der Waals surface area contributed by atoms with E-state index in [1.54, 1.807) is 4.90 Å². The number of amides is 2. The number of halogens is 1. The maximum absolute atomic E-state index is 13.2. The van der Waals surface area contributed by atoms with Gasteiger partial charge >= 0.3 is 12.0 Å². The van der Waals surface area contributed by atoms with Crippen LogP contribution in [0.5, 0.6) is 0 Å². The van der Waals surface area contributed by atoms with Crippen molar-refractivity contribution in [1.82, 2.24) is 10.2 Å². The molecule has 1 aromatic carbocycles. The number of urea groups is 1. The molecule has 0 radical (unpaired) electrons. The fourth-order valence-corrected chi connectivity index (χ4v) is 5.71. The lowest BCUT2D eigenvalue weighted by molar-refractivity contribution is -0.146. The summed E-state index contributed by atoms with van der Waals surface area (Å²) in [6.07, 6.45) is 6.59. The number of aliphatic hydroxyl groups is 1. The standard InChI is InChI=1S/C27H37ClN2O4/c1-26(2,3)8-7-17-5-6-20(13-23(17)28)27(4)22(18-9-16(10-18)15-31)14-30(25(34)29-27)21-11-19(12-21)24(32)33/h5-6,13-14,16,18-19,21,31H,7-12,15H2,1-4H3,(H,29,34)(H,32,33)/t16-,18+,19-,21-,27-/m0/s1. The van der Waals surface area contributed by atoms with Crippen molar-refractivity contribution in [3.05, 3.63) is 46.1 Å². The van der Waals surface area contributed by atoms with E-state index in [9.17, 15) is 19.8 Å². The van der Waals surface area contributed by atoms with E-state index in [0.717, 1.165) is 42.4 Å². The van der Waals surface area contributed by atoms with E-state index in [1.807, 2.05) is 19.2 Å². The number of carboxylic acids is 1. The molecule has 34 heavy (non-hydrogen) atoms. The molecule has 0 aromatic heterocycles. The normalized spacial score (nSPS) is 31.3. The Labute approximate surface area is 207 Å². The SMILES string of the molecule is CC(C)(C)CCc1ccc([C@]2(C)NC(=O)N([C@H]3C[C@H](C(=O)O)C3)C=C2[C@H]2C[C@@H](CO)C2)cc1Cl. The zero-order chi connectivity index (χ0) is 24.8. The number of aliphatic carboxylic acids is 1. The number of carbonyl (C=O) groups excluding carboxylic acids is 1. The molecule has 4 rings (SSSR count). The smallest absolute Gasteiger partial charge is 0.322 e. The molecule has 1 heterocycles. The summed E-state index contributed by atoms with van der Waals surface area (Å²) in [7, 11) is 0. The predicted molar refractivity (Wildman–Crippen MR) is 132 cm³/mol. The third-order valence-electron chi connectivity index (χ3n) is 8.01. The molecule has 0 spiro atoms. The molecule has 2 amide bonds. The van der Waals surface area contributed by atoms with Gasteiger partial charge in [-0.05, 0) is 85.5 Å². The number of hydrogen-bond donors (Lipinski definition) is 3. The number of aryl methyl sites for hydroxylation is 1. The van der Waals surface area contributed by atoms with E-state index in [-0.39, 0.29) is 41.8 Å². The highest BCUT2D eigenvalue weighted by Gasteiger charge is 2.48. The van der Waals surface area contributed by atoms with Gasteiger partial charge in [-0.15, -0.1) is 0 Å². The van der Waals surface area contributed by atoms with Crippen LogP contribution in [-0.4, -0.2) is 39.8 Å². The van der Waals surface area contributed by atoms with Crippen molar-refractivity contribution < 1.29 is 19.8 Å². The quantitative estimate of drug-likeness (QED) is 0.484. The number of rotatable bonds is 7. The zero-order valence-electron chi connectivity index (χ0n) is 20.6. The Hall–Kier alpha value is -2.05. The highest BCUT2D eigenvalue weighted by atomic mass is 35.5. The molecular formula is C27H37ClN2O4. The molecule has 2 aliphatic carbocycles. The molecule has 0 saturated heterocycles. The average molecular weight is 489 g/mol. The Morgan fingerprint density at radius 2 is 1.91 bits per heavy atom. The topological polar surface area (TPSA) is 89.9 Å². The first-order valence-electron chi connectivity index (χ1n) is 12.4. The monoisotopic (exact) mass is 488 g/mol. The summed E-state index contributed by atoms with van der Waals surface area (Å²) >= 11 is 6.72. The van der Waals surface area contributed by atoms with Crippen LogP contribution in [0.25, 0.3) is 0 Å². The Kier molecular flexibility index (Phi) is 6.78. The van der Waals surface area contributed by atoms with Gasteiger partial charge < -0.3 is 15.5 Å². The first-order valence-corrected chi connectivity index (χ1v) is 12.7. The van der Waals surface area contributed by atoms with Gasteiger partial charge in [0.05, 0.1) is 11.5 Å². The fraction of sp³-hybridized carbons (Fsp3) is 0.630. The summed E-state index contributed by atoms with van der Waals surface area (Å²) < 4.78 is 0. The molecular weight excluding hydrogens is 452 g/mol. The molecule has 1 aromatic rings. The van der Waals surface area contributed by atoms with E-state index in [0.29, 0.717) is 17.9 Å². The van der Waals surface area contributed by atoms with Crippen molar-refractivity contribution in [2.45, 2.75) is 77.8 Å². The van der Waals surface area contributed by atoms with Crippen molar-refractivity contribution in [2.24, 2.45) is 23.2 Å². The molecule has 0 bridgehead atoms. The Bertz CT molecular complexity index is 989. The van der Waals surface area contributed by atoms with Crippen LogP contribution < -0.4 is 5.32 Å². The van der Waals surface area contributed by atoms with Crippen LogP contribution in [0.1, 0.15) is 70.9 Å². The molecule has 3 N–H and O–H groups in total. The molecule has 2 saturated carbocycles. The van der Waals surface area contributed by atoms with Gasteiger partial charge in [-0.1, -0.05) is 44.5 Å². The molecule has 1 aliphatic heterocycles. The van der Waals surface area contributed by atoms with Crippen LogP contribution in [0.15, 0.2) is 30.0 Å². The minimum absolute atomic E-state index is 0.0993. The summed E-state index contributed by atoms with van der Waals surface area (Å²) in [5, 5.41) is 22.8. The van der Waals surface area contributed by atoms with E-state index in [4.69, 9.17) is 11.6 Å². The summed E-state index contributed by atoms with van der Waals surface area (Å²) in [5.41, 5.74) is 2.67. The van der Waals surface area contributed by atoms with Crippen LogP contribution >= 0.6 is 11.6 Å². The lowest BCUT2D eigenvalue weighted by Gasteiger charge is -2.50. The molecule has 1 atom stereocenters. The van der Waals surface area contributed by atoms with Crippen LogP contribution in [0.4, 0.5) is 4.79 Å². The lowest BCUT2D eigenvalue weighted by atomic mass is 9.65. The zero-order valence-corrected chi connectivity index (χ0v) is 21.4. The van der Waals surface area contributed by atoms with Crippen molar-refractivity contribution >= 4 is 23.6 Å². The number of carbonyl (C=O) groups is 2. The third-order valence-corrected chi connectivity index (χ3v) is 8.36. The average Bonchev–Trinajstić information content (AvgIpc) is 2.67. The summed E-state index contributed by atoms with van der Waals surface area (Å²) in [6, 6.07) is 5.82. The second-order valence-corrected chi connectivity index (χ2v) is 12.2. The minimum atomic E-state index is -0.798. The summed E-state index contributed by atoms with van der Waals surface area (Å²) in [6.45, 7) is 8.86. The number of benzene rings is 1. The second-order valence-electron chi connectivity index (χ2n) is 11.8. The highest BCUT2D eigenvalue weighted by molar-refractivity contribution is 6.31. The second kappa shape index (κ2) is 9.19.